The summed E-state index contributed by atoms with van der Waals surface area (Å²) >= 11 is 0. The average Bonchev–Trinajstić information content (AvgIpc) is 2.37. The summed E-state index contributed by atoms with van der Waals surface area (Å²) in [7, 11) is -0.353. The Balaban J connectivity index is 2.72. The molecule has 0 bridgehead atoms. The third-order valence-corrected chi connectivity index (χ3v) is 5.75. The fourth-order valence-electron chi connectivity index (χ4n) is 1.78. The predicted molar refractivity (Wildman–Crippen MR) is 88.3 cm³/mol. The van der Waals surface area contributed by atoms with Gasteiger partial charge in [0.1, 0.15) is 0 Å². The highest BCUT2D eigenvalue weighted by Crippen LogP contribution is 2.49. The third-order valence-electron chi connectivity index (χ3n) is 3.04. The van der Waals surface area contributed by atoms with Crippen LogP contribution < -0.4 is 5.44 Å². The summed E-state index contributed by atoms with van der Waals surface area (Å²) < 4.78 is 0. The molecule has 1 aromatic heterocycles. The Morgan fingerprint density at radius 2 is 2.11 bits per heavy atom. The van der Waals surface area contributed by atoms with E-state index in [1.807, 2.05) is 12.3 Å². The van der Waals surface area contributed by atoms with Crippen molar-refractivity contribution in [1.29, 1.82) is 0 Å². The van der Waals surface area contributed by atoms with E-state index in [1.165, 1.54) is 11.0 Å². The number of hydrogen-bond acceptors (Lipinski definition) is 1. The molecule has 1 heterocycles. The monoisotopic (exact) mass is 275 g/mol. The Kier molecular flexibility index (Phi) is 6.45. The molecule has 1 rings (SSSR count). The lowest BCUT2D eigenvalue weighted by atomic mass is 10.1. The van der Waals surface area contributed by atoms with E-state index in [0.717, 1.165) is 19.3 Å². The molecule has 0 saturated heterocycles. The van der Waals surface area contributed by atoms with Gasteiger partial charge in [0.2, 0.25) is 0 Å². The fourth-order valence-corrected chi connectivity index (χ4v) is 3.87. The molecule has 0 saturated carbocycles. The van der Waals surface area contributed by atoms with Crippen molar-refractivity contribution < 1.29 is 0 Å². The fraction of sp³-hybridized carbons (Fsp3) is 0.471. The van der Waals surface area contributed by atoms with Crippen molar-refractivity contribution in [3.63, 3.8) is 0 Å². The first-order valence-corrected chi connectivity index (χ1v) is 8.40. The van der Waals surface area contributed by atoms with E-state index >= 15 is 0 Å². The Bertz CT molecular complexity index is 415. The van der Waals surface area contributed by atoms with Gasteiger partial charge in [0, 0.05) is 6.20 Å². The maximum Gasteiger partial charge on any atom is 0.0675 e. The van der Waals surface area contributed by atoms with Gasteiger partial charge in [-0.05, 0) is 44.5 Å². The Hall–Kier alpha value is -0.940. The van der Waals surface area contributed by atoms with Gasteiger partial charge in [0.05, 0.1) is 5.44 Å². The summed E-state index contributed by atoms with van der Waals surface area (Å²) in [6, 6.07) is 6.21. The smallest absolute Gasteiger partial charge is 0.0675 e. The summed E-state index contributed by atoms with van der Waals surface area (Å²) in [6.07, 6.45) is 7.48. The minimum absolute atomic E-state index is 0.252. The van der Waals surface area contributed by atoms with Crippen molar-refractivity contribution >= 4 is 13.4 Å². The van der Waals surface area contributed by atoms with Crippen LogP contribution in [0.2, 0.25) is 0 Å². The molecule has 1 unspecified atom stereocenters. The van der Waals surface area contributed by atoms with Gasteiger partial charge < -0.3 is 0 Å². The standard InChI is InChI=1S/C17H26NP/c1-6-15(2)11-8-10-14-19(17(3,4)5)16-12-7-9-13-18-16/h7,9-10,12-14H,2,6,8,11H2,1,3-5H3/b14-10+. The average molecular weight is 275 g/mol. The highest BCUT2D eigenvalue weighted by molar-refractivity contribution is 7.69. The largest absolute Gasteiger partial charge is 0.256 e. The zero-order valence-corrected chi connectivity index (χ0v) is 13.6. The highest BCUT2D eigenvalue weighted by atomic mass is 31.1. The number of pyridine rings is 1. The van der Waals surface area contributed by atoms with Crippen molar-refractivity contribution in [2.24, 2.45) is 0 Å². The molecule has 0 aliphatic heterocycles. The quantitative estimate of drug-likeness (QED) is 0.510. The number of hydrogen-bond donors (Lipinski definition) is 0. The van der Waals surface area contributed by atoms with E-state index in [9.17, 15) is 0 Å². The lowest BCUT2D eigenvalue weighted by Crippen LogP contribution is -2.19. The second-order valence-corrected chi connectivity index (χ2v) is 8.59. The lowest BCUT2D eigenvalue weighted by Gasteiger charge is -2.28. The molecular weight excluding hydrogens is 249 g/mol. The molecule has 0 aliphatic rings. The van der Waals surface area contributed by atoms with Gasteiger partial charge in [-0.2, -0.15) is 0 Å². The highest BCUT2D eigenvalue weighted by Gasteiger charge is 2.24. The van der Waals surface area contributed by atoms with Crippen molar-refractivity contribution in [2.75, 3.05) is 0 Å². The van der Waals surface area contributed by atoms with E-state index in [-0.39, 0.29) is 13.1 Å². The Morgan fingerprint density at radius 1 is 1.37 bits per heavy atom. The number of rotatable bonds is 6. The molecule has 19 heavy (non-hydrogen) atoms. The zero-order valence-electron chi connectivity index (χ0n) is 12.7. The van der Waals surface area contributed by atoms with E-state index in [1.54, 1.807) is 0 Å². The first kappa shape index (κ1) is 16.1. The minimum atomic E-state index is -0.353. The van der Waals surface area contributed by atoms with E-state index < -0.39 is 0 Å². The van der Waals surface area contributed by atoms with Crippen molar-refractivity contribution in [2.45, 2.75) is 52.1 Å². The summed E-state index contributed by atoms with van der Waals surface area (Å²) in [6.45, 7) is 13.1. The molecule has 0 N–H and O–H groups in total. The van der Waals surface area contributed by atoms with Gasteiger partial charge in [0.25, 0.3) is 0 Å². The summed E-state index contributed by atoms with van der Waals surface area (Å²) in [5, 5.41) is 0.252. The second kappa shape index (κ2) is 7.60. The molecular formula is C17H26NP. The van der Waals surface area contributed by atoms with Crippen LogP contribution in [-0.2, 0) is 0 Å². The SMILES string of the molecule is C=C(CC)CC/C=C/P(c1ccccn1)C(C)(C)C. The van der Waals surface area contributed by atoms with Gasteiger partial charge in [-0.3, -0.25) is 4.98 Å². The molecule has 0 fully saturated rings. The van der Waals surface area contributed by atoms with Gasteiger partial charge in [0.15, 0.2) is 0 Å². The van der Waals surface area contributed by atoms with Crippen molar-refractivity contribution in [3.8, 4) is 0 Å². The minimum Gasteiger partial charge on any atom is -0.256 e. The molecule has 0 amide bonds. The normalized spacial score (nSPS) is 13.7. The molecule has 0 spiro atoms. The molecule has 0 aliphatic carbocycles. The first-order chi connectivity index (χ1) is 8.95. The Labute approximate surface area is 119 Å². The summed E-state index contributed by atoms with van der Waals surface area (Å²) in [5.74, 6) is 2.38. The van der Waals surface area contributed by atoms with Crippen molar-refractivity contribution in [1.82, 2.24) is 4.98 Å². The van der Waals surface area contributed by atoms with Crippen LogP contribution in [0.4, 0.5) is 0 Å². The van der Waals surface area contributed by atoms with Crippen LogP contribution in [0.25, 0.3) is 0 Å². The topological polar surface area (TPSA) is 12.9 Å². The van der Waals surface area contributed by atoms with E-state index in [0.29, 0.717) is 0 Å². The number of nitrogens with zero attached hydrogens (tertiary/aromatic N) is 1. The maximum atomic E-state index is 4.54. The first-order valence-electron chi connectivity index (χ1n) is 6.99. The van der Waals surface area contributed by atoms with Gasteiger partial charge in [-0.25, -0.2) is 0 Å². The van der Waals surface area contributed by atoms with Crippen LogP contribution >= 0.6 is 7.92 Å². The molecule has 1 atom stereocenters. The molecule has 1 nitrogen and oxygen atoms in total. The molecule has 104 valence electrons. The van der Waals surface area contributed by atoms with Gasteiger partial charge in [-0.15, -0.1) is 0 Å². The molecule has 2 heteroatoms. The van der Waals surface area contributed by atoms with Crippen LogP contribution in [0.3, 0.4) is 0 Å². The maximum absolute atomic E-state index is 4.54. The van der Waals surface area contributed by atoms with Crippen molar-refractivity contribution in [3.05, 3.63) is 48.4 Å². The second-order valence-electron chi connectivity index (χ2n) is 5.76. The van der Waals surface area contributed by atoms with E-state index in [2.05, 4.69) is 63.3 Å². The van der Waals surface area contributed by atoms with Crippen LogP contribution in [0.1, 0.15) is 47.0 Å². The number of aromatic nitrogens is 1. The predicted octanol–water partition coefficient (Wildman–Crippen LogP) is 5.25. The molecule has 0 aromatic carbocycles. The van der Waals surface area contributed by atoms with Crippen LogP contribution in [0.5, 0.6) is 0 Å². The summed E-state index contributed by atoms with van der Waals surface area (Å²) in [4.78, 5) is 4.54. The van der Waals surface area contributed by atoms with Crippen LogP contribution in [0, 0.1) is 0 Å². The van der Waals surface area contributed by atoms with E-state index in [4.69, 9.17) is 0 Å². The zero-order chi connectivity index (χ0) is 14.3. The van der Waals surface area contributed by atoms with Crippen LogP contribution in [0.15, 0.2) is 48.4 Å². The van der Waals surface area contributed by atoms with Crippen LogP contribution in [-0.4, -0.2) is 10.1 Å². The van der Waals surface area contributed by atoms with Gasteiger partial charge >= 0.3 is 0 Å². The van der Waals surface area contributed by atoms with Gasteiger partial charge in [-0.1, -0.05) is 57.8 Å². The number of allylic oxidation sites excluding steroid dienone is 2. The third kappa shape index (κ3) is 5.70. The molecule has 0 radical (unpaired) electrons. The summed E-state index contributed by atoms with van der Waals surface area (Å²) in [5.41, 5.74) is 2.55. The lowest BCUT2D eigenvalue weighted by molar-refractivity contribution is 0.791. The Morgan fingerprint density at radius 3 is 2.63 bits per heavy atom. The molecule has 1 aromatic rings.